The summed E-state index contributed by atoms with van der Waals surface area (Å²) in [4.78, 5) is 4.66. The van der Waals surface area contributed by atoms with Crippen molar-refractivity contribution < 1.29 is 9.47 Å². The van der Waals surface area contributed by atoms with Crippen molar-refractivity contribution in [2.75, 3.05) is 25.1 Å². The number of anilines is 1. The molecule has 0 spiro atoms. The minimum Gasteiger partial charge on any atom is -0.490 e. The number of para-hydroxylation sites is 1. The number of rotatable bonds is 5. The van der Waals surface area contributed by atoms with E-state index < -0.39 is 0 Å². The molecular weight excluding hydrogens is 493 g/mol. The van der Waals surface area contributed by atoms with E-state index in [0.29, 0.717) is 25.7 Å². The van der Waals surface area contributed by atoms with Crippen LogP contribution in [0.5, 0.6) is 11.5 Å². The van der Waals surface area contributed by atoms with Gasteiger partial charge in [0.2, 0.25) is 0 Å². The standard InChI is InChI=1S/C22H25N5O2.HI/c1-2-23-22(25-17-9-10-20-21(15-17)29-14-6-13-28-20)24-16-18-11-12-27(26-18)19-7-4-3-5-8-19;/h3-5,7-12,15H,2,6,13-14,16H2,1H3,(H2,23,24,25);1H. The van der Waals surface area contributed by atoms with Crippen molar-refractivity contribution in [1.82, 2.24) is 15.1 Å². The van der Waals surface area contributed by atoms with Crippen LogP contribution in [0, 0.1) is 0 Å². The predicted octanol–water partition coefficient (Wildman–Crippen LogP) is 4.23. The molecule has 1 aromatic heterocycles. The van der Waals surface area contributed by atoms with Crippen LogP contribution in [-0.4, -0.2) is 35.5 Å². The molecule has 158 valence electrons. The zero-order valence-corrected chi connectivity index (χ0v) is 19.2. The summed E-state index contributed by atoms with van der Waals surface area (Å²) >= 11 is 0. The van der Waals surface area contributed by atoms with E-state index in [1.54, 1.807) is 0 Å². The molecule has 3 aromatic rings. The number of ether oxygens (including phenoxy) is 2. The maximum absolute atomic E-state index is 5.77. The summed E-state index contributed by atoms with van der Waals surface area (Å²) in [7, 11) is 0. The third kappa shape index (κ3) is 5.65. The molecule has 0 amide bonds. The van der Waals surface area contributed by atoms with E-state index in [4.69, 9.17) is 9.47 Å². The summed E-state index contributed by atoms with van der Waals surface area (Å²) < 4.78 is 13.3. The third-order valence-corrected chi connectivity index (χ3v) is 4.42. The van der Waals surface area contributed by atoms with Gasteiger partial charge in [-0.25, -0.2) is 9.67 Å². The van der Waals surface area contributed by atoms with Crippen LogP contribution in [0.3, 0.4) is 0 Å². The quantitative estimate of drug-likeness (QED) is 0.300. The van der Waals surface area contributed by atoms with Crippen LogP contribution < -0.4 is 20.1 Å². The lowest BCUT2D eigenvalue weighted by molar-refractivity contribution is 0.297. The van der Waals surface area contributed by atoms with Crippen LogP contribution in [0.15, 0.2) is 65.8 Å². The van der Waals surface area contributed by atoms with E-state index in [-0.39, 0.29) is 24.0 Å². The monoisotopic (exact) mass is 519 g/mol. The third-order valence-electron chi connectivity index (χ3n) is 4.42. The summed E-state index contributed by atoms with van der Waals surface area (Å²) in [6, 6.07) is 17.8. The Hall–Kier alpha value is -2.75. The second kappa shape index (κ2) is 10.9. The van der Waals surface area contributed by atoms with Crippen LogP contribution in [-0.2, 0) is 6.54 Å². The molecule has 1 aliphatic heterocycles. The summed E-state index contributed by atoms with van der Waals surface area (Å²) in [5.41, 5.74) is 2.81. The Kier molecular flexibility index (Phi) is 7.95. The second-order valence-electron chi connectivity index (χ2n) is 6.62. The lowest BCUT2D eigenvalue weighted by Crippen LogP contribution is -2.30. The molecule has 0 bridgehead atoms. The minimum absolute atomic E-state index is 0. The van der Waals surface area contributed by atoms with Gasteiger partial charge >= 0.3 is 0 Å². The molecule has 4 rings (SSSR count). The molecule has 0 saturated heterocycles. The number of aliphatic imine (C=N–C) groups is 1. The first-order chi connectivity index (χ1) is 14.3. The maximum atomic E-state index is 5.77. The zero-order valence-electron chi connectivity index (χ0n) is 16.9. The zero-order chi connectivity index (χ0) is 19.9. The molecule has 0 radical (unpaired) electrons. The van der Waals surface area contributed by atoms with Crippen LogP contribution in [0.4, 0.5) is 5.69 Å². The summed E-state index contributed by atoms with van der Waals surface area (Å²) in [6.45, 7) is 4.61. The lowest BCUT2D eigenvalue weighted by Gasteiger charge is -2.13. The molecule has 0 fully saturated rings. The van der Waals surface area contributed by atoms with Gasteiger partial charge in [-0.05, 0) is 37.3 Å². The van der Waals surface area contributed by atoms with Gasteiger partial charge in [0.1, 0.15) is 0 Å². The number of hydrogen-bond donors (Lipinski definition) is 2. The summed E-state index contributed by atoms with van der Waals surface area (Å²) in [6.07, 6.45) is 2.83. The first-order valence-electron chi connectivity index (χ1n) is 9.87. The van der Waals surface area contributed by atoms with Gasteiger partial charge in [-0.15, -0.1) is 24.0 Å². The van der Waals surface area contributed by atoms with Crippen molar-refractivity contribution in [3.8, 4) is 17.2 Å². The Balaban J connectivity index is 0.00000256. The number of halogens is 1. The van der Waals surface area contributed by atoms with Crippen molar-refractivity contribution in [2.45, 2.75) is 19.9 Å². The smallest absolute Gasteiger partial charge is 0.196 e. The van der Waals surface area contributed by atoms with E-state index in [1.165, 1.54) is 0 Å². The van der Waals surface area contributed by atoms with Crippen molar-refractivity contribution in [2.24, 2.45) is 4.99 Å². The molecule has 0 aliphatic carbocycles. The Bertz CT molecular complexity index is 975. The normalized spacial score (nSPS) is 13.2. The first kappa shape index (κ1) is 21.9. The van der Waals surface area contributed by atoms with Crippen molar-refractivity contribution >= 4 is 35.6 Å². The molecule has 2 aromatic carbocycles. The Morgan fingerprint density at radius 1 is 1.07 bits per heavy atom. The van der Waals surface area contributed by atoms with Gasteiger partial charge in [0.15, 0.2) is 17.5 Å². The number of aromatic nitrogens is 2. The Morgan fingerprint density at radius 2 is 1.87 bits per heavy atom. The topological polar surface area (TPSA) is 72.7 Å². The van der Waals surface area contributed by atoms with Crippen LogP contribution in [0.25, 0.3) is 5.69 Å². The fourth-order valence-corrected chi connectivity index (χ4v) is 3.02. The summed E-state index contributed by atoms with van der Waals surface area (Å²) in [5.74, 6) is 2.22. The first-order valence-corrected chi connectivity index (χ1v) is 9.87. The van der Waals surface area contributed by atoms with E-state index >= 15 is 0 Å². The van der Waals surface area contributed by atoms with Gasteiger partial charge in [-0.2, -0.15) is 5.10 Å². The molecule has 2 heterocycles. The van der Waals surface area contributed by atoms with Gasteiger partial charge in [0, 0.05) is 30.9 Å². The molecule has 0 saturated carbocycles. The Labute approximate surface area is 193 Å². The molecule has 2 N–H and O–H groups in total. The van der Waals surface area contributed by atoms with Crippen LogP contribution in [0.1, 0.15) is 19.0 Å². The van der Waals surface area contributed by atoms with Crippen molar-refractivity contribution in [3.63, 3.8) is 0 Å². The van der Waals surface area contributed by atoms with E-state index in [0.717, 1.165) is 41.5 Å². The van der Waals surface area contributed by atoms with Crippen LogP contribution >= 0.6 is 24.0 Å². The molecule has 1 aliphatic rings. The highest BCUT2D eigenvalue weighted by Crippen LogP contribution is 2.32. The number of benzene rings is 2. The lowest BCUT2D eigenvalue weighted by atomic mass is 10.3. The Morgan fingerprint density at radius 3 is 2.67 bits per heavy atom. The van der Waals surface area contributed by atoms with Gasteiger partial charge in [-0.1, -0.05) is 18.2 Å². The fraction of sp³-hybridized carbons (Fsp3) is 0.273. The highest BCUT2D eigenvalue weighted by molar-refractivity contribution is 14.0. The molecule has 30 heavy (non-hydrogen) atoms. The van der Waals surface area contributed by atoms with E-state index in [9.17, 15) is 0 Å². The molecule has 0 unspecified atom stereocenters. The number of hydrogen-bond acceptors (Lipinski definition) is 4. The summed E-state index contributed by atoms with van der Waals surface area (Å²) in [5, 5.41) is 11.2. The van der Waals surface area contributed by atoms with Gasteiger partial charge < -0.3 is 20.1 Å². The van der Waals surface area contributed by atoms with Gasteiger partial charge in [0.25, 0.3) is 0 Å². The average Bonchev–Trinajstić information content (AvgIpc) is 3.11. The second-order valence-corrected chi connectivity index (χ2v) is 6.62. The van der Waals surface area contributed by atoms with E-state index in [1.807, 2.05) is 72.4 Å². The van der Waals surface area contributed by atoms with Crippen LogP contribution in [0.2, 0.25) is 0 Å². The highest BCUT2D eigenvalue weighted by atomic mass is 127. The fourth-order valence-electron chi connectivity index (χ4n) is 3.02. The SMILES string of the molecule is CCNC(=NCc1ccn(-c2ccccc2)n1)Nc1ccc2c(c1)OCCCO2.I. The number of nitrogens with one attached hydrogen (secondary N) is 2. The highest BCUT2D eigenvalue weighted by Gasteiger charge is 2.11. The van der Waals surface area contributed by atoms with E-state index in [2.05, 4.69) is 20.7 Å². The number of fused-ring (bicyclic) bond motifs is 1. The predicted molar refractivity (Wildman–Crippen MR) is 129 cm³/mol. The van der Waals surface area contributed by atoms with Crippen molar-refractivity contribution in [1.29, 1.82) is 0 Å². The number of nitrogens with zero attached hydrogens (tertiary/aromatic N) is 3. The maximum Gasteiger partial charge on any atom is 0.196 e. The molecule has 7 nitrogen and oxygen atoms in total. The largest absolute Gasteiger partial charge is 0.490 e. The molecule has 0 atom stereocenters. The molecular formula is C22H26IN5O2. The molecule has 8 heteroatoms. The van der Waals surface area contributed by atoms with Crippen molar-refractivity contribution in [3.05, 3.63) is 66.5 Å². The minimum atomic E-state index is 0. The average molecular weight is 519 g/mol. The van der Waals surface area contributed by atoms with Gasteiger partial charge in [0.05, 0.1) is 31.1 Å². The van der Waals surface area contributed by atoms with Gasteiger partial charge in [-0.3, -0.25) is 0 Å². The number of guanidine groups is 1.